The van der Waals surface area contributed by atoms with Crippen LogP contribution in [-0.4, -0.2) is 9.97 Å². The SMILES string of the molecule is NC(=S)c1cccc(Nc2c(F)c(F)cc(F)c2F)n1. The number of nitrogens with zero attached hydrogens (tertiary/aromatic N) is 1. The number of hydrogen-bond acceptors (Lipinski definition) is 3. The molecule has 0 unspecified atom stereocenters. The Hall–Kier alpha value is -2.22. The number of nitrogens with one attached hydrogen (secondary N) is 1. The standard InChI is InChI=1S/C12H7F4N3S/c13-5-4-6(14)10(16)11(9(5)15)19-8-3-1-2-7(18-8)12(17)20/h1-4H,(H2,17,20)(H,18,19). The second-order valence-electron chi connectivity index (χ2n) is 3.74. The van der Waals surface area contributed by atoms with Crippen LogP contribution in [-0.2, 0) is 0 Å². The Kier molecular flexibility index (Phi) is 3.84. The summed E-state index contributed by atoms with van der Waals surface area (Å²) < 4.78 is 53.0. The number of benzene rings is 1. The van der Waals surface area contributed by atoms with Crippen LogP contribution < -0.4 is 11.1 Å². The van der Waals surface area contributed by atoms with Crippen molar-refractivity contribution in [2.24, 2.45) is 5.73 Å². The van der Waals surface area contributed by atoms with E-state index in [0.29, 0.717) is 0 Å². The van der Waals surface area contributed by atoms with E-state index in [2.05, 4.69) is 10.3 Å². The van der Waals surface area contributed by atoms with Crippen molar-refractivity contribution in [3.05, 3.63) is 53.2 Å². The average molecular weight is 301 g/mol. The zero-order chi connectivity index (χ0) is 14.9. The number of rotatable bonds is 3. The molecule has 2 aromatic rings. The van der Waals surface area contributed by atoms with Crippen molar-refractivity contribution in [3.63, 3.8) is 0 Å². The molecule has 0 amide bonds. The highest BCUT2D eigenvalue weighted by Gasteiger charge is 2.19. The first-order valence-corrected chi connectivity index (χ1v) is 5.68. The Labute approximate surface area is 116 Å². The second-order valence-corrected chi connectivity index (χ2v) is 4.18. The summed E-state index contributed by atoms with van der Waals surface area (Å²) in [6.07, 6.45) is 0. The zero-order valence-electron chi connectivity index (χ0n) is 9.75. The van der Waals surface area contributed by atoms with Crippen LogP contribution in [0.1, 0.15) is 5.69 Å². The van der Waals surface area contributed by atoms with E-state index in [0.717, 1.165) is 0 Å². The molecular formula is C12H7F4N3S. The van der Waals surface area contributed by atoms with E-state index in [1.807, 2.05) is 0 Å². The number of halogens is 4. The molecule has 20 heavy (non-hydrogen) atoms. The minimum absolute atomic E-state index is 0.0278. The van der Waals surface area contributed by atoms with Gasteiger partial charge in [0.15, 0.2) is 23.3 Å². The van der Waals surface area contributed by atoms with E-state index in [9.17, 15) is 17.6 Å². The Morgan fingerprint density at radius 2 is 1.70 bits per heavy atom. The topological polar surface area (TPSA) is 50.9 Å². The zero-order valence-corrected chi connectivity index (χ0v) is 10.6. The maximum atomic E-state index is 13.5. The van der Waals surface area contributed by atoms with Gasteiger partial charge in [0.05, 0.1) is 5.69 Å². The van der Waals surface area contributed by atoms with Gasteiger partial charge in [0.1, 0.15) is 16.5 Å². The van der Waals surface area contributed by atoms with Gasteiger partial charge in [-0.05, 0) is 12.1 Å². The minimum atomic E-state index is -1.55. The van der Waals surface area contributed by atoms with E-state index in [4.69, 9.17) is 18.0 Å². The largest absolute Gasteiger partial charge is 0.388 e. The van der Waals surface area contributed by atoms with Gasteiger partial charge in [-0.3, -0.25) is 0 Å². The van der Waals surface area contributed by atoms with E-state index in [-0.39, 0.29) is 22.6 Å². The van der Waals surface area contributed by atoms with Crippen LogP contribution in [0.4, 0.5) is 29.1 Å². The Morgan fingerprint density at radius 3 is 2.25 bits per heavy atom. The third kappa shape index (κ3) is 2.69. The van der Waals surface area contributed by atoms with Crippen molar-refractivity contribution in [3.8, 4) is 0 Å². The van der Waals surface area contributed by atoms with Crippen molar-refractivity contribution >= 4 is 28.7 Å². The number of hydrogen-bond donors (Lipinski definition) is 2. The molecule has 0 spiro atoms. The molecule has 104 valence electrons. The van der Waals surface area contributed by atoms with E-state index >= 15 is 0 Å². The molecule has 0 bridgehead atoms. The normalized spacial score (nSPS) is 10.4. The number of aromatic nitrogens is 1. The average Bonchev–Trinajstić information content (AvgIpc) is 2.42. The van der Waals surface area contributed by atoms with Gasteiger partial charge in [-0.2, -0.15) is 0 Å². The number of thiocarbonyl (C=S) groups is 1. The molecule has 8 heteroatoms. The van der Waals surface area contributed by atoms with Gasteiger partial charge < -0.3 is 11.1 Å². The van der Waals surface area contributed by atoms with Gasteiger partial charge in [0.25, 0.3) is 0 Å². The van der Waals surface area contributed by atoms with Crippen LogP contribution in [0.25, 0.3) is 0 Å². The summed E-state index contributed by atoms with van der Waals surface area (Å²) in [5, 5.41) is 2.16. The van der Waals surface area contributed by atoms with Crippen LogP contribution >= 0.6 is 12.2 Å². The first-order chi connectivity index (χ1) is 9.40. The van der Waals surface area contributed by atoms with E-state index in [1.54, 1.807) is 0 Å². The lowest BCUT2D eigenvalue weighted by Gasteiger charge is -2.10. The molecule has 1 heterocycles. The lowest BCUT2D eigenvalue weighted by Crippen LogP contribution is -2.12. The molecule has 0 atom stereocenters. The highest BCUT2D eigenvalue weighted by molar-refractivity contribution is 7.80. The fourth-order valence-corrected chi connectivity index (χ4v) is 1.57. The Bertz CT molecular complexity index is 664. The quantitative estimate of drug-likeness (QED) is 0.520. The summed E-state index contributed by atoms with van der Waals surface area (Å²) in [6.45, 7) is 0. The molecule has 0 aliphatic heterocycles. The molecule has 1 aromatic heterocycles. The molecular weight excluding hydrogens is 294 g/mol. The van der Waals surface area contributed by atoms with Crippen LogP contribution in [0.5, 0.6) is 0 Å². The Morgan fingerprint density at radius 1 is 1.10 bits per heavy atom. The first kappa shape index (κ1) is 14.2. The van der Waals surface area contributed by atoms with Gasteiger partial charge in [-0.15, -0.1) is 0 Å². The fourth-order valence-electron chi connectivity index (χ4n) is 1.45. The molecule has 0 aliphatic rings. The lowest BCUT2D eigenvalue weighted by molar-refractivity contribution is 0.459. The van der Waals surface area contributed by atoms with Crippen molar-refractivity contribution in [2.45, 2.75) is 0 Å². The number of anilines is 2. The smallest absolute Gasteiger partial charge is 0.185 e. The maximum Gasteiger partial charge on any atom is 0.185 e. The highest BCUT2D eigenvalue weighted by atomic mass is 32.1. The van der Waals surface area contributed by atoms with E-state index < -0.39 is 29.0 Å². The van der Waals surface area contributed by atoms with Crippen molar-refractivity contribution in [1.82, 2.24) is 4.98 Å². The third-order valence-corrected chi connectivity index (χ3v) is 2.58. The molecule has 3 nitrogen and oxygen atoms in total. The second kappa shape index (κ2) is 5.41. The van der Waals surface area contributed by atoms with Gasteiger partial charge in [0.2, 0.25) is 0 Å². The lowest BCUT2D eigenvalue weighted by atomic mass is 10.2. The molecule has 0 saturated carbocycles. The molecule has 0 radical (unpaired) electrons. The molecule has 0 aliphatic carbocycles. The maximum absolute atomic E-state index is 13.5. The third-order valence-electron chi connectivity index (χ3n) is 2.37. The summed E-state index contributed by atoms with van der Waals surface area (Å²) in [7, 11) is 0. The molecule has 0 saturated heterocycles. The van der Waals surface area contributed by atoms with Gasteiger partial charge in [-0.25, -0.2) is 22.5 Å². The summed E-state index contributed by atoms with van der Waals surface area (Å²) in [6, 6.07) is 4.40. The molecule has 1 aromatic carbocycles. The van der Waals surface area contributed by atoms with Crippen LogP contribution in [0.3, 0.4) is 0 Å². The minimum Gasteiger partial charge on any atom is -0.388 e. The monoisotopic (exact) mass is 301 g/mol. The highest BCUT2D eigenvalue weighted by Crippen LogP contribution is 2.26. The summed E-state index contributed by atoms with van der Waals surface area (Å²) >= 11 is 4.70. The van der Waals surface area contributed by atoms with Crippen molar-refractivity contribution in [1.29, 1.82) is 0 Å². The predicted molar refractivity (Wildman–Crippen MR) is 69.7 cm³/mol. The van der Waals surface area contributed by atoms with Gasteiger partial charge in [-0.1, -0.05) is 18.3 Å². The van der Waals surface area contributed by atoms with E-state index in [1.165, 1.54) is 18.2 Å². The number of pyridine rings is 1. The van der Waals surface area contributed by atoms with Crippen molar-refractivity contribution < 1.29 is 17.6 Å². The number of nitrogens with two attached hydrogens (primary N) is 1. The summed E-state index contributed by atoms with van der Waals surface area (Å²) in [5.41, 5.74) is 4.58. The van der Waals surface area contributed by atoms with Crippen molar-refractivity contribution in [2.75, 3.05) is 5.32 Å². The summed E-state index contributed by atoms with van der Waals surface area (Å²) in [5.74, 6) is -6.19. The molecule has 2 rings (SSSR count). The van der Waals surface area contributed by atoms with Gasteiger partial charge >= 0.3 is 0 Å². The fraction of sp³-hybridized carbons (Fsp3) is 0. The van der Waals surface area contributed by atoms with Crippen LogP contribution in [0, 0.1) is 23.3 Å². The predicted octanol–water partition coefficient (Wildman–Crippen LogP) is 3.02. The first-order valence-electron chi connectivity index (χ1n) is 5.27. The van der Waals surface area contributed by atoms with Crippen LogP contribution in [0.15, 0.2) is 24.3 Å². The molecule has 3 N–H and O–H groups in total. The van der Waals surface area contributed by atoms with Crippen LogP contribution in [0.2, 0.25) is 0 Å². The summed E-state index contributed by atoms with van der Waals surface area (Å²) in [4.78, 5) is 3.83. The van der Waals surface area contributed by atoms with Gasteiger partial charge in [0, 0.05) is 6.07 Å². The molecule has 0 fully saturated rings. The Balaban J connectivity index is 2.45.